The van der Waals surface area contributed by atoms with E-state index in [-0.39, 0.29) is 41.6 Å². The van der Waals surface area contributed by atoms with Gasteiger partial charge in [0.1, 0.15) is 0 Å². The molecule has 0 saturated heterocycles. The Kier molecular flexibility index (Phi) is 6.90. The fourth-order valence-corrected chi connectivity index (χ4v) is 7.13. The van der Waals surface area contributed by atoms with Crippen LogP contribution in [0.3, 0.4) is 0 Å². The maximum Gasteiger partial charge on any atom is 0.314 e. The summed E-state index contributed by atoms with van der Waals surface area (Å²) < 4.78 is 5.10. The van der Waals surface area contributed by atoms with Gasteiger partial charge in [0.25, 0.3) is 0 Å². The quantitative estimate of drug-likeness (QED) is 0.457. The lowest BCUT2D eigenvalue weighted by molar-refractivity contribution is -0.211. The lowest BCUT2D eigenvalue weighted by Gasteiger charge is -2.63. The van der Waals surface area contributed by atoms with Crippen LogP contribution < -0.4 is 0 Å². The number of fused-ring (bicyclic) bond motifs is 3. The molecule has 3 rings (SSSR count). The molecular formula is C24H39NO6. The highest BCUT2D eigenvalue weighted by atomic mass is 16.5. The minimum absolute atomic E-state index is 0.00865. The van der Waals surface area contributed by atoms with E-state index in [1.54, 1.807) is 20.0 Å². The summed E-state index contributed by atoms with van der Waals surface area (Å²) in [6.45, 7) is 6.32. The van der Waals surface area contributed by atoms with E-state index in [2.05, 4.69) is 13.8 Å². The first-order chi connectivity index (χ1) is 14.5. The van der Waals surface area contributed by atoms with Gasteiger partial charge in [-0.3, -0.25) is 9.59 Å². The number of rotatable bonds is 4. The molecule has 7 heteroatoms. The van der Waals surface area contributed by atoms with Crippen LogP contribution in [0.2, 0.25) is 0 Å². The SMILES string of the molecule is COC(=O)[C@]1(C)[C@@H]2C[C@H](O)[C@H]3[C@@H](C)/C(=C/C(=O)N(C)CCO)CC[C@@H]3[C@@]2(C)CC[C@@H]1O. The molecule has 8 atom stereocenters. The predicted octanol–water partition coefficient (Wildman–Crippen LogP) is 1.75. The van der Waals surface area contributed by atoms with Gasteiger partial charge in [-0.1, -0.05) is 19.4 Å². The number of likely N-dealkylation sites (N-methyl/N-ethyl adjacent to an activating group) is 1. The second kappa shape index (κ2) is 8.83. The number of hydrogen-bond acceptors (Lipinski definition) is 6. The number of aliphatic hydroxyl groups excluding tert-OH is 3. The normalized spacial score (nSPS) is 43.7. The summed E-state index contributed by atoms with van der Waals surface area (Å²) in [5.74, 6) is -0.424. The van der Waals surface area contributed by atoms with E-state index >= 15 is 0 Å². The van der Waals surface area contributed by atoms with Crippen LogP contribution in [0.15, 0.2) is 11.6 Å². The van der Waals surface area contributed by atoms with E-state index in [0.717, 1.165) is 24.8 Å². The zero-order valence-electron chi connectivity index (χ0n) is 19.5. The van der Waals surface area contributed by atoms with E-state index < -0.39 is 23.6 Å². The van der Waals surface area contributed by atoms with Crippen LogP contribution in [0.1, 0.15) is 52.9 Å². The number of hydrogen-bond donors (Lipinski definition) is 3. The number of carbonyl (C=O) groups is 2. The molecule has 7 nitrogen and oxygen atoms in total. The number of methoxy groups -OCH3 is 1. The smallest absolute Gasteiger partial charge is 0.314 e. The number of nitrogens with zero attached hydrogens (tertiary/aromatic N) is 1. The summed E-state index contributed by atoms with van der Waals surface area (Å²) in [6, 6.07) is 0. The lowest BCUT2D eigenvalue weighted by atomic mass is 9.42. The minimum Gasteiger partial charge on any atom is -0.469 e. The number of ether oxygens (including phenoxy) is 1. The Morgan fingerprint density at radius 1 is 1.26 bits per heavy atom. The fourth-order valence-electron chi connectivity index (χ4n) is 7.13. The van der Waals surface area contributed by atoms with Crippen molar-refractivity contribution in [1.29, 1.82) is 0 Å². The predicted molar refractivity (Wildman–Crippen MR) is 116 cm³/mol. The Labute approximate surface area is 185 Å². The van der Waals surface area contributed by atoms with Crippen molar-refractivity contribution in [3.63, 3.8) is 0 Å². The van der Waals surface area contributed by atoms with Crippen LogP contribution in [-0.2, 0) is 14.3 Å². The van der Waals surface area contributed by atoms with E-state index in [0.29, 0.717) is 19.4 Å². The first kappa shape index (κ1) is 24.2. The van der Waals surface area contributed by atoms with Crippen molar-refractivity contribution in [2.45, 2.75) is 65.1 Å². The van der Waals surface area contributed by atoms with E-state index in [9.17, 15) is 19.8 Å². The average Bonchev–Trinajstić information content (AvgIpc) is 2.74. The number of esters is 1. The average molecular weight is 438 g/mol. The molecule has 3 aliphatic carbocycles. The summed E-state index contributed by atoms with van der Waals surface area (Å²) in [5, 5.41) is 31.2. The molecule has 1 amide bonds. The third kappa shape index (κ3) is 3.83. The van der Waals surface area contributed by atoms with E-state index in [1.165, 1.54) is 12.0 Å². The van der Waals surface area contributed by atoms with Gasteiger partial charge in [0.15, 0.2) is 0 Å². The van der Waals surface area contributed by atoms with E-state index in [1.807, 2.05) is 0 Å². The molecule has 0 aliphatic heterocycles. The Morgan fingerprint density at radius 3 is 2.55 bits per heavy atom. The van der Waals surface area contributed by atoms with Gasteiger partial charge >= 0.3 is 5.97 Å². The fraction of sp³-hybridized carbons (Fsp3) is 0.833. The zero-order chi connectivity index (χ0) is 23.1. The third-order valence-electron chi connectivity index (χ3n) is 9.05. The van der Waals surface area contributed by atoms with Crippen LogP contribution in [0.25, 0.3) is 0 Å². The summed E-state index contributed by atoms with van der Waals surface area (Å²) in [6.07, 6.45) is 3.70. The molecule has 31 heavy (non-hydrogen) atoms. The lowest BCUT2D eigenvalue weighted by Crippen LogP contribution is -2.64. The van der Waals surface area contributed by atoms with Crippen LogP contribution in [-0.4, -0.2) is 71.6 Å². The van der Waals surface area contributed by atoms with Gasteiger partial charge in [-0.15, -0.1) is 0 Å². The van der Waals surface area contributed by atoms with Crippen molar-refractivity contribution >= 4 is 11.9 Å². The van der Waals surface area contributed by atoms with Crippen molar-refractivity contribution in [3.8, 4) is 0 Å². The second-order valence-electron chi connectivity index (χ2n) is 10.4. The second-order valence-corrected chi connectivity index (χ2v) is 10.4. The number of allylic oxidation sites excluding steroid dienone is 1. The molecule has 3 aliphatic rings. The molecule has 0 radical (unpaired) electrons. The number of aliphatic hydroxyl groups is 3. The molecule has 0 spiro atoms. The van der Waals surface area contributed by atoms with Gasteiger partial charge in [0.05, 0.1) is 31.3 Å². The molecule has 3 N–H and O–H groups in total. The van der Waals surface area contributed by atoms with Gasteiger partial charge in [-0.25, -0.2) is 0 Å². The summed E-state index contributed by atoms with van der Waals surface area (Å²) in [7, 11) is 3.03. The van der Waals surface area contributed by atoms with Gasteiger partial charge in [-0.05, 0) is 68.1 Å². The topological polar surface area (TPSA) is 107 Å². The highest BCUT2D eigenvalue weighted by molar-refractivity contribution is 5.88. The Hall–Kier alpha value is -1.44. The maximum atomic E-state index is 12.8. The Morgan fingerprint density at radius 2 is 1.94 bits per heavy atom. The highest BCUT2D eigenvalue weighted by Crippen LogP contribution is 2.65. The van der Waals surface area contributed by atoms with Crippen molar-refractivity contribution in [1.82, 2.24) is 4.90 Å². The molecule has 176 valence electrons. The molecule has 0 aromatic carbocycles. The summed E-state index contributed by atoms with van der Waals surface area (Å²) in [4.78, 5) is 26.8. The largest absolute Gasteiger partial charge is 0.469 e. The van der Waals surface area contributed by atoms with Gasteiger partial charge in [0.2, 0.25) is 5.91 Å². The van der Waals surface area contributed by atoms with Gasteiger partial charge in [0, 0.05) is 19.7 Å². The first-order valence-electron chi connectivity index (χ1n) is 11.5. The zero-order valence-corrected chi connectivity index (χ0v) is 19.5. The van der Waals surface area contributed by atoms with E-state index in [4.69, 9.17) is 9.84 Å². The molecule has 3 fully saturated rings. The Bertz CT molecular complexity index is 738. The highest BCUT2D eigenvalue weighted by Gasteiger charge is 2.65. The van der Waals surface area contributed by atoms with Crippen molar-refractivity contribution in [2.24, 2.45) is 34.5 Å². The van der Waals surface area contributed by atoms with Crippen LogP contribution in [0.4, 0.5) is 0 Å². The number of carbonyl (C=O) groups excluding carboxylic acids is 2. The van der Waals surface area contributed by atoms with Gasteiger partial charge in [-0.2, -0.15) is 0 Å². The molecule has 0 unspecified atom stereocenters. The monoisotopic (exact) mass is 437 g/mol. The van der Waals surface area contributed by atoms with Crippen molar-refractivity contribution in [2.75, 3.05) is 27.3 Å². The van der Waals surface area contributed by atoms with Crippen LogP contribution in [0, 0.1) is 34.5 Å². The first-order valence-corrected chi connectivity index (χ1v) is 11.5. The third-order valence-corrected chi connectivity index (χ3v) is 9.05. The van der Waals surface area contributed by atoms with Crippen molar-refractivity contribution < 1.29 is 29.6 Å². The molecule has 0 aromatic heterocycles. The maximum absolute atomic E-state index is 12.8. The minimum atomic E-state index is -1.03. The van der Waals surface area contributed by atoms with Gasteiger partial charge < -0.3 is 25.0 Å². The molecule has 0 heterocycles. The standard InChI is InChI=1S/C24H39NO6/c1-14-15(12-20(29)25(4)10-11-26)6-7-16-21(14)17(27)13-18-23(16,2)9-8-19(28)24(18,3)22(30)31-5/h12,14,16-19,21,26-28H,6-11,13H2,1-5H3/b15-12+/t14-,16-,17-,18+,19-,21-,23+,24+/m0/s1. The Balaban J connectivity index is 1.91. The number of amides is 1. The molecule has 3 saturated carbocycles. The summed E-state index contributed by atoms with van der Waals surface area (Å²) in [5.41, 5.74) is -0.178. The van der Waals surface area contributed by atoms with Crippen molar-refractivity contribution in [3.05, 3.63) is 11.6 Å². The molecular weight excluding hydrogens is 398 g/mol. The molecule has 0 aromatic rings. The molecule has 0 bridgehead atoms. The van der Waals surface area contributed by atoms with Crippen LogP contribution in [0.5, 0.6) is 0 Å². The van der Waals surface area contributed by atoms with Crippen LogP contribution >= 0.6 is 0 Å². The summed E-state index contributed by atoms with van der Waals surface area (Å²) >= 11 is 0.